The molecule has 0 unspecified atom stereocenters. The zero-order valence-corrected chi connectivity index (χ0v) is 11.0. The van der Waals surface area contributed by atoms with Crippen LogP contribution in [0.5, 0.6) is 0 Å². The first-order valence-corrected chi connectivity index (χ1v) is 6.31. The van der Waals surface area contributed by atoms with Crippen LogP contribution in [0, 0.1) is 5.82 Å². The van der Waals surface area contributed by atoms with E-state index in [0.29, 0.717) is 24.9 Å². The third-order valence-corrected chi connectivity index (χ3v) is 2.60. The zero-order valence-electron chi connectivity index (χ0n) is 11.0. The van der Waals surface area contributed by atoms with Gasteiger partial charge >= 0.3 is 0 Å². The Morgan fingerprint density at radius 3 is 2.75 bits per heavy atom. The van der Waals surface area contributed by atoms with Crippen molar-refractivity contribution in [2.45, 2.75) is 6.42 Å². The van der Waals surface area contributed by atoms with Crippen molar-refractivity contribution in [3.8, 4) is 0 Å². The fourth-order valence-corrected chi connectivity index (χ4v) is 1.61. The Bertz CT molecular complexity index is 556. The molecule has 6 heteroatoms. The van der Waals surface area contributed by atoms with E-state index < -0.39 is 0 Å². The van der Waals surface area contributed by atoms with Gasteiger partial charge in [0.1, 0.15) is 5.82 Å². The lowest BCUT2D eigenvalue weighted by atomic mass is 10.1. The van der Waals surface area contributed by atoms with Crippen molar-refractivity contribution in [3.63, 3.8) is 0 Å². The third kappa shape index (κ3) is 4.31. The van der Waals surface area contributed by atoms with E-state index in [1.807, 2.05) is 0 Å². The monoisotopic (exact) mass is 273 g/mol. The topological polar surface area (TPSA) is 62.7 Å². The van der Waals surface area contributed by atoms with Gasteiger partial charge in [0, 0.05) is 13.1 Å². The second-order valence-electron chi connectivity index (χ2n) is 4.14. The summed E-state index contributed by atoms with van der Waals surface area (Å²) in [6.45, 7) is 4.88. The molecule has 0 spiro atoms. The number of anilines is 2. The number of halogens is 1. The molecular formula is C14H16FN5. The molecule has 0 aliphatic carbocycles. The van der Waals surface area contributed by atoms with Crippen LogP contribution in [0.4, 0.5) is 16.2 Å². The first-order chi connectivity index (χ1) is 9.78. The van der Waals surface area contributed by atoms with Crippen LogP contribution in [0.25, 0.3) is 0 Å². The van der Waals surface area contributed by atoms with Gasteiger partial charge in [-0.05, 0) is 24.1 Å². The van der Waals surface area contributed by atoms with E-state index in [0.717, 1.165) is 12.0 Å². The van der Waals surface area contributed by atoms with Crippen LogP contribution < -0.4 is 10.6 Å². The molecule has 0 saturated carbocycles. The molecule has 1 heterocycles. The van der Waals surface area contributed by atoms with E-state index in [1.54, 1.807) is 24.4 Å². The Hall–Kier alpha value is -2.50. The number of rotatable bonds is 7. The van der Waals surface area contributed by atoms with E-state index >= 15 is 0 Å². The van der Waals surface area contributed by atoms with Crippen molar-refractivity contribution < 1.29 is 4.39 Å². The van der Waals surface area contributed by atoms with Crippen molar-refractivity contribution in [3.05, 3.63) is 54.5 Å². The average Bonchev–Trinajstić information content (AvgIpc) is 2.48. The Balaban J connectivity index is 1.84. The lowest BCUT2D eigenvalue weighted by molar-refractivity contribution is 0.627. The van der Waals surface area contributed by atoms with Gasteiger partial charge in [0.25, 0.3) is 0 Å². The molecule has 0 amide bonds. The number of benzene rings is 1. The molecule has 5 nitrogen and oxygen atoms in total. The molecule has 0 fully saturated rings. The number of hydrogen-bond donors (Lipinski definition) is 2. The Morgan fingerprint density at radius 2 is 2.00 bits per heavy atom. The van der Waals surface area contributed by atoms with E-state index in [9.17, 15) is 4.39 Å². The van der Waals surface area contributed by atoms with Crippen molar-refractivity contribution in [2.24, 2.45) is 0 Å². The molecule has 0 bridgehead atoms. The smallest absolute Gasteiger partial charge is 0.244 e. The second-order valence-corrected chi connectivity index (χ2v) is 4.14. The van der Waals surface area contributed by atoms with Gasteiger partial charge in [0.15, 0.2) is 5.82 Å². The van der Waals surface area contributed by atoms with Crippen LogP contribution in [0.15, 0.2) is 43.1 Å². The summed E-state index contributed by atoms with van der Waals surface area (Å²) in [5.41, 5.74) is 1.06. The number of nitrogens with zero attached hydrogens (tertiary/aromatic N) is 3. The van der Waals surface area contributed by atoms with Crippen LogP contribution >= 0.6 is 0 Å². The molecule has 1 aromatic heterocycles. The predicted octanol–water partition coefficient (Wildman–Crippen LogP) is 2.26. The number of aromatic nitrogens is 3. The highest BCUT2D eigenvalue weighted by Crippen LogP contribution is 2.06. The third-order valence-electron chi connectivity index (χ3n) is 2.60. The van der Waals surface area contributed by atoms with Gasteiger partial charge in [-0.2, -0.15) is 10.1 Å². The molecule has 2 rings (SSSR count). The fraction of sp³-hybridized carbons (Fsp3) is 0.214. The number of hydrogen-bond acceptors (Lipinski definition) is 5. The van der Waals surface area contributed by atoms with Crippen LogP contribution in [-0.2, 0) is 6.42 Å². The van der Waals surface area contributed by atoms with Gasteiger partial charge in [-0.1, -0.05) is 18.2 Å². The van der Waals surface area contributed by atoms with E-state index in [-0.39, 0.29) is 5.82 Å². The molecular weight excluding hydrogens is 257 g/mol. The average molecular weight is 273 g/mol. The van der Waals surface area contributed by atoms with Crippen molar-refractivity contribution in [2.75, 3.05) is 23.7 Å². The lowest BCUT2D eigenvalue weighted by Gasteiger charge is -2.06. The van der Waals surface area contributed by atoms with E-state index in [4.69, 9.17) is 0 Å². The fourth-order valence-electron chi connectivity index (χ4n) is 1.61. The highest BCUT2D eigenvalue weighted by atomic mass is 19.1. The van der Waals surface area contributed by atoms with Gasteiger partial charge in [-0.3, -0.25) is 0 Å². The molecule has 2 aromatic rings. The summed E-state index contributed by atoms with van der Waals surface area (Å²) < 4.78 is 12.8. The molecule has 1 aromatic carbocycles. The molecule has 20 heavy (non-hydrogen) atoms. The number of nitrogens with one attached hydrogen (secondary N) is 2. The largest absolute Gasteiger partial charge is 0.368 e. The Labute approximate surface area is 117 Å². The summed E-state index contributed by atoms with van der Waals surface area (Å²) in [6, 6.07) is 6.45. The van der Waals surface area contributed by atoms with Crippen molar-refractivity contribution >= 4 is 11.8 Å². The molecule has 0 saturated heterocycles. The summed E-state index contributed by atoms with van der Waals surface area (Å²) in [6.07, 6.45) is 4.06. The molecule has 0 aliphatic rings. The van der Waals surface area contributed by atoms with Crippen LogP contribution in [0.2, 0.25) is 0 Å². The molecule has 2 N–H and O–H groups in total. The molecule has 0 atom stereocenters. The standard InChI is InChI=1S/C14H16FN5/c1-2-8-17-14-19-13(10-18-20-14)16-9-7-11-3-5-12(15)6-4-11/h2-6,10H,1,7-9H2,(H2,16,17,19,20). The SMILES string of the molecule is C=CCNc1nncc(NCCc2ccc(F)cc2)n1. The van der Waals surface area contributed by atoms with E-state index in [1.165, 1.54) is 12.1 Å². The van der Waals surface area contributed by atoms with Crippen molar-refractivity contribution in [1.82, 2.24) is 15.2 Å². The quantitative estimate of drug-likeness (QED) is 0.758. The molecule has 104 valence electrons. The van der Waals surface area contributed by atoms with Crippen molar-refractivity contribution in [1.29, 1.82) is 0 Å². The van der Waals surface area contributed by atoms with Gasteiger partial charge in [0.05, 0.1) is 6.20 Å². The molecule has 0 aliphatic heterocycles. The van der Waals surface area contributed by atoms with Crippen LogP contribution in [0.1, 0.15) is 5.56 Å². The summed E-state index contributed by atoms with van der Waals surface area (Å²) in [4.78, 5) is 4.25. The van der Waals surface area contributed by atoms with E-state index in [2.05, 4.69) is 32.4 Å². The zero-order chi connectivity index (χ0) is 14.2. The molecule has 0 radical (unpaired) electrons. The van der Waals surface area contributed by atoms with Crippen LogP contribution in [0.3, 0.4) is 0 Å². The Morgan fingerprint density at radius 1 is 1.20 bits per heavy atom. The second kappa shape index (κ2) is 7.18. The maximum Gasteiger partial charge on any atom is 0.244 e. The summed E-state index contributed by atoms with van der Waals surface area (Å²) >= 11 is 0. The minimum atomic E-state index is -0.223. The summed E-state index contributed by atoms with van der Waals surface area (Å²) in [7, 11) is 0. The highest BCUT2D eigenvalue weighted by Gasteiger charge is 1.99. The summed E-state index contributed by atoms with van der Waals surface area (Å²) in [5, 5.41) is 13.8. The van der Waals surface area contributed by atoms with Gasteiger partial charge in [0.2, 0.25) is 5.95 Å². The maximum absolute atomic E-state index is 12.8. The van der Waals surface area contributed by atoms with Crippen LogP contribution in [-0.4, -0.2) is 28.3 Å². The Kier molecular flexibility index (Phi) is 5.00. The lowest BCUT2D eigenvalue weighted by Crippen LogP contribution is -2.10. The van der Waals surface area contributed by atoms with Gasteiger partial charge in [-0.25, -0.2) is 4.39 Å². The highest BCUT2D eigenvalue weighted by molar-refractivity contribution is 5.37. The first-order valence-electron chi connectivity index (χ1n) is 6.31. The predicted molar refractivity (Wildman–Crippen MR) is 77.1 cm³/mol. The normalized spacial score (nSPS) is 10.1. The maximum atomic E-state index is 12.8. The van der Waals surface area contributed by atoms with Gasteiger partial charge < -0.3 is 10.6 Å². The first kappa shape index (κ1) is 13.9. The minimum Gasteiger partial charge on any atom is -0.368 e. The minimum absolute atomic E-state index is 0.223. The summed E-state index contributed by atoms with van der Waals surface area (Å²) in [5.74, 6) is 0.880. The van der Waals surface area contributed by atoms with Gasteiger partial charge in [-0.15, -0.1) is 11.7 Å².